The Labute approximate surface area is 106 Å². The summed E-state index contributed by atoms with van der Waals surface area (Å²) in [6.45, 7) is 5.76. The highest BCUT2D eigenvalue weighted by atomic mass is 35.5. The number of ether oxygens (including phenoxy) is 2. The number of pyridine rings is 1. The summed E-state index contributed by atoms with van der Waals surface area (Å²) in [5.41, 5.74) is 0.433. The molecule has 0 aliphatic carbocycles. The van der Waals surface area contributed by atoms with Crippen LogP contribution in [0.2, 0.25) is 5.15 Å². The maximum Gasteiger partial charge on any atom is 0.216 e. The Morgan fingerprint density at radius 3 is 2.82 bits per heavy atom. The molecule has 0 aliphatic heterocycles. The van der Waals surface area contributed by atoms with Crippen molar-refractivity contribution in [1.29, 1.82) is 5.26 Å². The molecule has 1 heterocycles. The zero-order chi connectivity index (χ0) is 12.7. The Morgan fingerprint density at radius 1 is 1.41 bits per heavy atom. The molecule has 0 bridgehead atoms. The molecule has 0 fully saturated rings. The van der Waals surface area contributed by atoms with Gasteiger partial charge in [0, 0.05) is 12.7 Å². The summed E-state index contributed by atoms with van der Waals surface area (Å²) in [6, 6.07) is 5.03. The minimum absolute atomic E-state index is 0.252. The van der Waals surface area contributed by atoms with E-state index in [0.717, 1.165) is 0 Å². The fraction of sp³-hybridized carbons (Fsp3) is 0.500. The van der Waals surface area contributed by atoms with Crippen LogP contribution in [0.15, 0.2) is 12.1 Å². The lowest BCUT2D eigenvalue weighted by Gasteiger charge is -2.08. The van der Waals surface area contributed by atoms with Crippen LogP contribution in [0.1, 0.15) is 19.4 Å². The highest BCUT2D eigenvalue weighted by molar-refractivity contribution is 6.29. The van der Waals surface area contributed by atoms with Gasteiger partial charge in [0.1, 0.15) is 11.8 Å². The molecule has 1 aromatic heterocycles. The van der Waals surface area contributed by atoms with Crippen LogP contribution in [-0.4, -0.2) is 24.8 Å². The van der Waals surface area contributed by atoms with Crippen molar-refractivity contribution >= 4 is 11.6 Å². The van der Waals surface area contributed by atoms with Gasteiger partial charge < -0.3 is 9.47 Å². The Balaban J connectivity index is 2.37. The first-order chi connectivity index (χ1) is 8.11. The van der Waals surface area contributed by atoms with Gasteiger partial charge in [0.25, 0.3) is 0 Å². The summed E-state index contributed by atoms with van der Waals surface area (Å²) < 4.78 is 10.7. The summed E-state index contributed by atoms with van der Waals surface area (Å²) in [4.78, 5) is 3.95. The molecule has 0 aliphatic rings. The van der Waals surface area contributed by atoms with Crippen LogP contribution in [0.3, 0.4) is 0 Å². The third-order valence-electron chi connectivity index (χ3n) is 1.83. The molecule has 17 heavy (non-hydrogen) atoms. The first kappa shape index (κ1) is 13.8. The lowest BCUT2D eigenvalue weighted by atomic mass is 10.2. The van der Waals surface area contributed by atoms with E-state index in [0.29, 0.717) is 37.2 Å². The molecule has 0 saturated heterocycles. The van der Waals surface area contributed by atoms with E-state index >= 15 is 0 Å². The Kier molecular flexibility index (Phi) is 5.75. The van der Waals surface area contributed by atoms with Gasteiger partial charge in [-0.3, -0.25) is 0 Å². The molecule has 0 N–H and O–H groups in total. The van der Waals surface area contributed by atoms with Crippen molar-refractivity contribution in [2.75, 3.05) is 19.8 Å². The number of halogens is 1. The van der Waals surface area contributed by atoms with E-state index in [1.807, 2.05) is 6.07 Å². The average molecular weight is 255 g/mol. The Morgan fingerprint density at radius 2 is 2.18 bits per heavy atom. The maximum absolute atomic E-state index is 8.74. The molecule has 0 radical (unpaired) electrons. The second-order valence-corrected chi connectivity index (χ2v) is 4.33. The van der Waals surface area contributed by atoms with Crippen molar-refractivity contribution in [2.45, 2.75) is 13.8 Å². The summed E-state index contributed by atoms with van der Waals surface area (Å²) in [5, 5.41) is 8.99. The van der Waals surface area contributed by atoms with Crippen molar-refractivity contribution in [2.24, 2.45) is 5.92 Å². The van der Waals surface area contributed by atoms with Gasteiger partial charge in [-0.1, -0.05) is 25.4 Å². The molecule has 5 heteroatoms. The second kappa shape index (κ2) is 7.10. The number of rotatable bonds is 6. The lowest BCUT2D eigenvalue weighted by Crippen LogP contribution is -2.10. The Bertz CT molecular complexity index is 402. The standard InChI is InChI=1S/C12H15ClN2O2/c1-9(2)8-16-3-4-17-12-6-10(7-14)5-11(13)15-12/h5-6,9H,3-4,8H2,1-2H3. The molecule has 92 valence electrons. The first-order valence-electron chi connectivity index (χ1n) is 5.40. The monoisotopic (exact) mass is 254 g/mol. The van der Waals surface area contributed by atoms with E-state index in [4.69, 9.17) is 26.3 Å². The average Bonchev–Trinajstić information content (AvgIpc) is 2.27. The predicted octanol–water partition coefficient (Wildman–Crippen LogP) is 2.66. The van der Waals surface area contributed by atoms with Crippen molar-refractivity contribution in [1.82, 2.24) is 4.98 Å². The molecular weight excluding hydrogens is 240 g/mol. The van der Waals surface area contributed by atoms with Gasteiger partial charge in [-0.2, -0.15) is 5.26 Å². The van der Waals surface area contributed by atoms with Crippen LogP contribution >= 0.6 is 11.6 Å². The summed E-state index contributed by atoms with van der Waals surface area (Å²) in [7, 11) is 0. The highest BCUT2D eigenvalue weighted by Gasteiger charge is 2.02. The van der Waals surface area contributed by atoms with Gasteiger partial charge in [0.15, 0.2) is 0 Å². The maximum atomic E-state index is 8.74. The molecule has 1 aromatic rings. The quantitative estimate of drug-likeness (QED) is 0.579. The van der Waals surface area contributed by atoms with Gasteiger partial charge in [0.05, 0.1) is 18.2 Å². The van der Waals surface area contributed by atoms with Gasteiger partial charge in [0.2, 0.25) is 5.88 Å². The van der Waals surface area contributed by atoms with Crippen LogP contribution in [0.25, 0.3) is 0 Å². The number of hydrogen-bond donors (Lipinski definition) is 0. The number of hydrogen-bond acceptors (Lipinski definition) is 4. The fourth-order valence-corrected chi connectivity index (χ4v) is 1.34. The smallest absolute Gasteiger partial charge is 0.216 e. The molecule has 0 amide bonds. The van der Waals surface area contributed by atoms with Crippen LogP contribution < -0.4 is 4.74 Å². The molecule has 0 aromatic carbocycles. The van der Waals surface area contributed by atoms with E-state index in [9.17, 15) is 0 Å². The normalized spacial score (nSPS) is 10.3. The summed E-state index contributed by atoms with van der Waals surface area (Å²) >= 11 is 5.74. The second-order valence-electron chi connectivity index (χ2n) is 3.95. The third kappa shape index (κ3) is 5.53. The topological polar surface area (TPSA) is 55.1 Å². The van der Waals surface area contributed by atoms with Crippen molar-refractivity contribution in [3.05, 3.63) is 22.8 Å². The molecular formula is C12H15ClN2O2. The van der Waals surface area contributed by atoms with Gasteiger partial charge in [-0.25, -0.2) is 4.98 Å². The van der Waals surface area contributed by atoms with E-state index in [2.05, 4.69) is 18.8 Å². The predicted molar refractivity (Wildman–Crippen MR) is 65.1 cm³/mol. The van der Waals surface area contributed by atoms with Gasteiger partial charge in [-0.05, 0) is 12.0 Å². The van der Waals surface area contributed by atoms with Crippen LogP contribution in [0.5, 0.6) is 5.88 Å². The van der Waals surface area contributed by atoms with Crippen LogP contribution in [0, 0.1) is 17.2 Å². The SMILES string of the molecule is CC(C)COCCOc1cc(C#N)cc(Cl)n1. The molecule has 4 nitrogen and oxygen atoms in total. The molecule has 0 unspecified atom stereocenters. The summed E-state index contributed by atoms with van der Waals surface area (Å²) in [5.74, 6) is 0.853. The van der Waals surface area contributed by atoms with Crippen molar-refractivity contribution < 1.29 is 9.47 Å². The number of nitriles is 1. The van der Waals surface area contributed by atoms with Crippen LogP contribution in [0.4, 0.5) is 0 Å². The van der Waals surface area contributed by atoms with Gasteiger partial charge in [-0.15, -0.1) is 0 Å². The lowest BCUT2D eigenvalue weighted by molar-refractivity contribution is 0.0806. The highest BCUT2D eigenvalue weighted by Crippen LogP contribution is 2.15. The minimum Gasteiger partial charge on any atom is -0.475 e. The van der Waals surface area contributed by atoms with E-state index in [1.54, 1.807) is 6.07 Å². The van der Waals surface area contributed by atoms with E-state index in [-0.39, 0.29) is 5.15 Å². The largest absolute Gasteiger partial charge is 0.475 e. The zero-order valence-electron chi connectivity index (χ0n) is 9.94. The molecule has 0 atom stereocenters. The Hall–Kier alpha value is -1.31. The molecule has 0 spiro atoms. The van der Waals surface area contributed by atoms with Crippen LogP contribution in [-0.2, 0) is 4.74 Å². The first-order valence-corrected chi connectivity index (χ1v) is 5.78. The van der Waals surface area contributed by atoms with Gasteiger partial charge >= 0.3 is 0 Å². The molecule has 1 rings (SSSR count). The van der Waals surface area contributed by atoms with E-state index in [1.165, 1.54) is 6.07 Å². The third-order valence-corrected chi connectivity index (χ3v) is 2.02. The summed E-state index contributed by atoms with van der Waals surface area (Å²) in [6.07, 6.45) is 0. The van der Waals surface area contributed by atoms with Crippen molar-refractivity contribution in [3.63, 3.8) is 0 Å². The minimum atomic E-state index is 0.252. The zero-order valence-corrected chi connectivity index (χ0v) is 10.7. The molecule has 0 saturated carbocycles. The van der Waals surface area contributed by atoms with E-state index < -0.39 is 0 Å². The number of aromatic nitrogens is 1. The number of nitrogens with zero attached hydrogens (tertiary/aromatic N) is 2. The fourth-order valence-electron chi connectivity index (χ4n) is 1.14. The van der Waals surface area contributed by atoms with Crippen molar-refractivity contribution in [3.8, 4) is 11.9 Å².